The lowest BCUT2D eigenvalue weighted by atomic mass is 10.5. The SMILES string of the molecule is NC(=O)Oc1ccc[nH]c1=O. The maximum atomic E-state index is 10.8. The summed E-state index contributed by atoms with van der Waals surface area (Å²) in [4.78, 5) is 23.3. The zero-order valence-corrected chi connectivity index (χ0v) is 5.53. The van der Waals surface area contributed by atoms with Crippen molar-refractivity contribution in [2.75, 3.05) is 0 Å². The van der Waals surface area contributed by atoms with Gasteiger partial charge in [0.05, 0.1) is 0 Å². The Balaban J connectivity index is 2.95. The average Bonchev–Trinajstić information content (AvgIpc) is 1.93. The van der Waals surface area contributed by atoms with E-state index in [2.05, 4.69) is 15.5 Å². The molecular formula is C6H6N2O3. The summed E-state index contributed by atoms with van der Waals surface area (Å²) in [5.41, 5.74) is 4.20. The molecule has 3 N–H and O–H groups in total. The maximum absolute atomic E-state index is 10.8. The minimum absolute atomic E-state index is 0.0972. The first-order valence-corrected chi connectivity index (χ1v) is 2.85. The van der Waals surface area contributed by atoms with Crippen molar-refractivity contribution in [1.82, 2.24) is 4.98 Å². The molecule has 0 aliphatic rings. The Morgan fingerprint density at radius 2 is 2.36 bits per heavy atom. The first-order chi connectivity index (χ1) is 5.20. The summed E-state index contributed by atoms with van der Waals surface area (Å²) in [5.74, 6) is -0.0972. The first kappa shape index (κ1) is 7.33. The second-order valence-electron chi connectivity index (χ2n) is 1.78. The van der Waals surface area contributed by atoms with Crippen LogP contribution in [-0.2, 0) is 0 Å². The Kier molecular flexibility index (Phi) is 1.91. The van der Waals surface area contributed by atoms with E-state index in [1.165, 1.54) is 18.3 Å². The van der Waals surface area contributed by atoms with Gasteiger partial charge in [-0.05, 0) is 12.1 Å². The van der Waals surface area contributed by atoms with Crippen LogP contribution in [0.4, 0.5) is 4.79 Å². The van der Waals surface area contributed by atoms with Crippen LogP contribution in [0, 0.1) is 0 Å². The van der Waals surface area contributed by atoms with Crippen LogP contribution in [0.25, 0.3) is 0 Å². The molecule has 0 aliphatic heterocycles. The maximum Gasteiger partial charge on any atom is 0.410 e. The van der Waals surface area contributed by atoms with Gasteiger partial charge in [0.15, 0.2) is 5.75 Å². The number of nitrogens with two attached hydrogens (primary N) is 1. The van der Waals surface area contributed by atoms with Crippen molar-refractivity contribution in [2.45, 2.75) is 0 Å². The van der Waals surface area contributed by atoms with E-state index in [9.17, 15) is 9.59 Å². The van der Waals surface area contributed by atoms with Gasteiger partial charge >= 0.3 is 6.09 Å². The van der Waals surface area contributed by atoms with E-state index < -0.39 is 11.7 Å². The summed E-state index contributed by atoms with van der Waals surface area (Å²) in [7, 11) is 0. The lowest BCUT2D eigenvalue weighted by Crippen LogP contribution is -2.20. The quantitative estimate of drug-likeness (QED) is 0.589. The van der Waals surface area contributed by atoms with Crippen molar-refractivity contribution in [2.24, 2.45) is 5.73 Å². The van der Waals surface area contributed by atoms with Crippen LogP contribution in [-0.4, -0.2) is 11.1 Å². The summed E-state index contributed by atoms with van der Waals surface area (Å²) in [6.07, 6.45) is 0.428. The second kappa shape index (κ2) is 2.87. The highest BCUT2D eigenvalue weighted by atomic mass is 16.5. The number of primary amides is 1. The van der Waals surface area contributed by atoms with Crippen LogP contribution >= 0.6 is 0 Å². The van der Waals surface area contributed by atoms with Crippen LogP contribution in [0.5, 0.6) is 5.75 Å². The molecule has 11 heavy (non-hydrogen) atoms. The van der Waals surface area contributed by atoms with Crippen molar-refractivity contribution in [1.29, 1.82) is 0 Å². The number of hydrogen-bond acceptors (Lipinski definition) is 3. The number of rotatable bonds is 1. The highest BCUT2D eigenvalue weighted by Crippen LogP contribution is 1.98. The Hall–Kier alpha value is -1.78. The molecule has 0 aliphatic carbocycles. The lowest BCUT2D eigenvalue weighted by Gasteiger charge is -1.96. The molecule has 5 heteroatoms. The molecule has 0 aromatic carbocycles. The zero-order chi connectivity index (χ0) is 8.27. The Labute approximate surface area is 61.8 Å². The largest absolute Gasteiger partial charge is 0.410 e. The normalized spacial score (nSPS) is 9.09. The fourth-order valence-electron chi connectivity index (χ4n) is 0.595. The number of pyridine rings is 1. The first-order valence-electron chi connectivity index (χ1n) is 2.85. The van der Waals surface area contributed by atoms with Crippen LogP contribution in [0.3, 0.4) is 0 Å². The molecular weight excluding hydrogens is 148 g/mol. The Bertz CT molecular complexity index is 318. The number of carbonyl (C=O) groups excluding carboxylic acids is 1. The third-order valence-corrected chi connectivity index (χ3v) is 0.993. The van der Waals surface area contributed by atoms with E-state index >= 15 is 0 Å². The summed E-state index contributed by atoms with van der Waals surface area (Å²) < 4.78 is 4.34. The Morgan fingerprint density at radius 1 is 1.64 bits per heavy atom. The zero-order valence-electron chi connectivity index (χ0n) is 5.53. The van der Waals surface area contributed by atoms with Gasteiger partial charge in [0.2, 0.25) is 0 Å². The fourth-order valence-corrected chi connectivity index (χ4v) is 0.595. The van der Waals surface area contributed by atoms with Crippen molar-refractivity contribution in [3.05, 3.63) is 28.7 Å². The summed E-state index contributed by atoms with van der Waals surface area (Å²) in [5, 5.41) is 0. The second-order valence-corrected chi connectivity index (χ2v) is 1.78. The summed E-state index contributed by atoms with van der Waals surface area (Å²) in [6, 6.07) is 2.88. The van der Waals surface area contributed by atoms with Gasteiger partial charge in [-0.25, -0.2) is 4.79 Å². The van der Waals surface area contributed by atoms with Crippen molar-refractivity contribution in [3.8, 4) is 5.75 Å². The third kappa shape index (κ3) is 1.82. The average molecular weight is 154 g/mol. The molecule has 0 spiro atoms. The minimum Gasteiger partial charge on any atom is -0.405 e. The summed E-state index contributed by atoms with van der Waals surface area (Å²) >= 11 is 0. The number of aromatic nitrogens is 1. The number of H-pyrrole nitrogens is 1. The highest BCUT2D eigenvalue weighted by Gasteiger charge is 2.00. The van der Waals surface area contributed by atoms with Gasteiger partial charge in [-0.1, -0.05) is 0 Å². The highest BCUT2D eigenvalue weighted by molar-refractivity contribution is 5.67. The number of carbonyl (C=O) groups is 1. The number of nitrogens with one attached hydrogen (secondary N) is 1. The van der Waals surface area contributed by atoms with Gasteiger partial charge in [0.25, 0.3) is 5.56 Å². The topological polar surface area (TPSA) is 85.2 Å². The predicted octanol–water partition coefficient (Wildman–Crippen LogP) is -0.168. The number of amides is 1. The van der Waals surface area contributed by atoms with E-state index in [1.807, 2.05) is 0 Å². The van der Waals surface area contributed by atoms with Crippen molar-refractivity contribution in [3.63, 3.8) is 0 Å². The molecule has 0 radical (unpaired) electrons. The van der Waals surface area contributed by atoms with E-state index in [0.717, 1.165) is 0 Å². The van der Waals surface area contributed by atoms with Crippen LogP contribution in [0.15, 0.2) is 23.1 Å². The molecule has 0 atom stereocenters. The smallest absolute Gasteiger partial charge is 0.405 e. The van der Waals surface area contributed by atoms with Gasteiger partial charge in [0.1, 0.15) is 0 Å². The fraction of sp³-hybridized carbons (Fsp3) is 0. The molecule has 0 saturated carbocycles. The lowest BCUT2D eigenvalue weighted by molar-refractivity contribution is 0.210. The molecule has 5 nitrogen and oxygen atoms in total. The van der Waals surface area contributed by atoms with Gasteiger partial charge in [-0.2, -0.15) is 0 Å². The predicted molar refractivity (Wildman–Crippen MR) is 37.3 cm³/mol. The molecule has 1 amide bonds. The molecule has 1 aromatic rings. The van der Waals surface area contributed by atoms with Gasteiger partial charge in [0, 0.05) is 6.20 Å². The van der Waals surface area contributed by atoms with Crippen molar-refractivity contribution < 1.29 is 9.53 Å². The molecule has 1 rings (SSSR count). The molecule has 0 fully saturated rings. The third-order valence-electron chi connectivity index (χ3n) is 0.993. The van der Waals surface area contributed by atoms with Gasteiger partial charge < -0.3 is 15.5 Å². The molecule has 0 bridgehead atoms. The van der Waals surface area contributed by atoms with E-state index in [-0.39, 0.29) is 5.75 Å². The van der Waals surface area contributed by atoms with Gasteiger partial charge in [-0.15, -0.1) is 0 Å². The van der Waals surface area contributed by atoms with E-state index in [1.54, 1.807) is 0 Å². The molecule has 0 saturated heterocycles. The van der Waals surface area contributed by atoms with Crippen LogP contribution < -0.4 is 16.0 Å². The standard InChI is InChI=1S/C6H6N2O3/c7-6(10)11-4-2-1-3-8-5(4)9/h1-3H,(H2,7,10)(H,8,9). The Morgan fingerprint density at radius 3 is 2.91 bits per heavy atom. The van der Waals surface area contributed by atoms with Crippen molar-refractivity contribution >= 4 is 6.09 Å². The number of aromatic amines is 1. The number of hydrogen-bond donors (Lipinski definition) is 2. The molecule has 58 valence electrons. The minimum atomic E-state index is -0.998. The van der Waals surface area contributed by atoms with Crippen LogP contribution in [0.1, 0.15) is 0 Å². The number of ether oxygens (including phenoxy) is 1. The molecule has 1 heterocycles. The van der Waals surface area contributed by atoms with Gasteiger partial charge in [-0.3, -0.25) is 4.79 Å². The summed E-state index contributed by atoms with van der Waals surface area (Å²) in [6.45, 7) is 0. The molecule has 1 aromatic heterocycles. The molecule has 0 unspecified atom stereocenters. The van der Waals surface area contributed by atoms with E-state index in [4.69, 9.17) is 0 Å². The van der Waals surface area contributed by atoms with Crippen LogP contribution in [0.2, 0.25) is 0 Å². The van der Waals surface area contributed by atoms with E-state index in [0.29, 0.717) is 0 Å². The monoisotopic (exact) mass is 154 g/mol.